The minimum Gasteiger partial charge on any atom is -0.340 e. The van der Waals surface area contributed by atoms with Gasteiger partial charge < -0.3 is 4.57 Å². The lowest BCUT2D eigenvalue weighted by atomic mass is 10.1. The van der Waals surface area contributed by atoms with Gasteiger partial charge in [0.15, 0.2) is 0 Å². The van der Waals surface area contributed by atoms with Crippen LogP contribution in [0.2, 0.25) is 0 Å². The summed E-state index contributed by atoms with van der Waals surface area (Å²) in [6, 6.07) is 11.6. The minimum atomic E-state index is 0.668. The Morgan fingerprint density at radius 3 is 1.83 bits per heavy atom. The van der Waals surface area contributed by atoms with Gasteiger partial charge >= 0.3 is 0 Å². The SMILES string of the molecule is CCCCCCCn1c2ccc(C=O)cc2c2cc(C=O)ccc21. The second kappa shape index (κ2) is 7.43. The van der Waals surface area contributed by atoms with Crippen molar-refractivity contribution < 1.29 is 9.59 Å². The van der Waals surface area contributed by atoms with E-state index in [9.17, 15) is 9.59 Å². The number of hydrogen-bond donors (Lipinski definition) is 0. The molecule has 3 nitrogen and oxygen atoms in total. The van der Waals surface area contributed by atoms with E-state index in [-0.39, 0.29) is 0 Å². The van der Waals surface area contributed by atoms with Gasteiger partial charge in [-0.1, -0.05) is 32.6 Å². The maximum absolute atomic E-state index is 11.1. The van der Waals surface area contributed by atoms with Gasteiger partial charge in [-0.3, -0.25) is 9.59 Å². The van der Waals surface area contributed by atoms with Crippen LogP contribution in [0, 0.1) is 0 Å². The summed E-state index contributed by atoms with van der Waals surface area (Å²) in [4.78, 5) is 22.3. The maximum Gasteiger partial charge on any atom is 0.150 e. The molecular formula is C21H23NO2. The highest BCUT2D eigenvalue weighted by molar-refractivity contribution is 6.10. The summed E-state index contributed by atoms with van der Waals surface area (Å²) in [5.74, 6) is 0. The van der Waals surface area contributed by atoms with Crippen molar-refractivity contribution in [3.63, 3.8) is 0 Å². The van der Waals surface area contributed by atoms with Crippen molar-refractivity contribution in [1.29, 1.82) is 0 Å². The Bertz CT molecular complexity index is 811. The molecule has 3 aromatic rings. The molecule has 0 saturated heterocycles. The summed E-state index contributed by atoms with van der Waals surface area (Å²) in [5.41, 5.74) is 3.60. The van der Waals surface area contributed by atoms with Crippen LogP contribution >= 0.6 is 0 Å². The zero-order valence-electron chi connectivity index (χ0n) is 14.1. The van der Waals surface area contributed by atoms with Crippen LogP contribution in [0.15, 0.2) is 36.4 Å². The number of hydrogen-bond acceptors (Lipinski definition) is 2. The minimum absolute atomic E-state index is 0.668. The van der Waals surface area contributed by atoms with Gasteiger partial charge in [0.25, 0.3) is 0 Å². The molecule has 24 heavy (non-hydrogen) atoms. The van der Waals surface area contributed by atoms with E-state index in [0.29, 0.717) is 11.1 Å². The Morgan fingerprint density at radius 1 is 0.792 bits per heavy atom. The molecule has 0 aliphatic rings. The molecule has 0 atom stereocenters. The van der Waals surface area contributed by atoms with Gasteiger partial charge in [0.1, 0.15) is 12.6 Å². The second-order valence-electron chi connectivity index (χ2n) is 6.35. The van der Waals surface area contributed by atoms with Gasteiger partial charge in [0.05, 0.1) is 0 Å². The van der Waals surface area contributed by atoms with Gasteiger partial charge in [0, 0.05) is 39.5 Å². The zero-order valence-corrected chi connectivity index (χ0v) is 14.1. The van der Waals surface area contributed by atoms with E-state index in [4.69, 9.17) is 0 Å². The zero-order chi connectivity index (χ0) is 16.9. The highest BCUT2D eigenvalue weighted by Gasteiger charge is 2.11. The van der Waals surface area contributed by atoms with Crippen molar-refractivity contribution in [2.75, 3.05) is 0 Å². The number of nitrogens with zero attached hydrogens (tertiary/aromatic N) is 1. The Kier molecular flexibility index (Phi) is 5.09. The summed E-state index contributed by atoms with van der Waals surface area (Å²) in [5, 5.41) is 2.10. The Hall–Kier alpha value is -2.42. The van der Waals surface area contributed by atoms with Crippen molar-refractivity contribution in [1.82, 2.24) is 4.57 Å². The number of aryl methyl sites for hydroxylation is 1. The Balaban J connectivity index is 2.04. The fourth-order valence-electron chi connectivity index (χ4n) is 3.40. The Labute approximate surface area is 142 Å². The lowest BCUT2D eigenvalue weighted by Crippen LogP contribution is -1.98. The molecule has 1 aromatic heterocycles. The predicted octanol–water partition coefficient (Wildman–Crippen LogP) is 5.39. The van der Waals surface area contributed by atoms with Gasteiger partial charge in [0.2, 0.25) is 0 Å². The summed E-state index contributed by atoms with van der Waals surface area (Å²) in [6.45, 7) is 3.19. The fourth-order valence-corrected chi connectivity index (χ4v) is 3.40. The second-order valence-corrected chi connectivity index (χ2v) is 6.35. The van der Waals surface area contributed by atoms with Crippen molar-refractivity contribution >= 4 is 34.4 Å². The number of fused-ring (bicyclic) bond motifs is 3. The maximum atomic E-state index is 11.1. The number of carbonyl (C=O) groups excluding carboxylic acids is 2. The standard InChI is InChI=1S/C21H23NO2/c1-2-3-4-5-6-11-22-20-9-7-16(14-23)12-18(20)19-13-17(15-24)8-10-21(19)22/h7-10,12-15H,2-6,11H2,1H3. The van der Waals surface area contributed by atoms with Crippen LogP contribution in [0.1, 0.15) is 59.7 Å². The molecule has 124 valence electrons. The third-order valence-electron chi connectivity index (χ3n) is 4.67. The van der Waals surface area contributed by atoms with Crippen LogP contribution in [0.4, 0.5) is 0 Å². The molecule has 0 fully saturated rings. The number of rotatable bonds is 8. The number of aromatic nitrogens is 1. The summed E-state index contributed by atoms with van der Waals surface area (Å²) >= 11 is 0. The van der Waals surface area contributed by atoms with Gasteiger partial charge in [-0.05, 0) is 42.8 Å². The van der Waals surface area contributed by atoms with Gasteiger partial charge in [-0.25, -0.2) is 0 Å². The number of carbonyl (C=O) groups is 2. The van der Waals surface area contributed by atoms with Crippen LogP contribution in [-0.4, -0.2) is 17.1 Å². The molecule has 3 rings (SSSR count). The van der Waals surface area contributed by atoms with E-state index < -0.39 is 0 Å². The molecule has 0 spiro atoms. The van der Waals surface area contributed by atoms with E-state index in [1.807, 2.05) is 36.4 Å². The van der Waals surface area contributed by atoms with Crippen LogP contribution in [0.3, 0.4) is 0 Å². The van der Waals surface area contributed by atoms with E-state index in [1.165, 1.54) is 25.7 Å². The average molecular weight is 321 g/mol. The van der Waals surface area contributed by atoms with Crippen LogP contribution in [0.25, 0.3) is 21.8 Å². The van der Waals surface area contributed by atoms with Crippen molar-refractivity contribution in [2.24, 2.45) is 0 Å². The van der Waals surface area contributed by atoms with Crippen LogP contribution < -0.4 is 0 Å². The molecule has 2 aromatic carbocycles. The molecule has 0 amide bonds. The first kappa shape index (κ1) is 16.4. The average Bonchev–Trinajstić information content (AvgIpc) is 2.94. The number of unbranched alkanes of at least 4 members (excludes halogenated alkanes) is 4. The summed E-state index contributed by atoms with van der Waals surface area (Å²) in [7, 11) is 0. The Morgan fingerprint density at radius 2 is 1.33 bits per heavy atom. The lowest BCUT2D eigenvalue weighted by Gasteiger charge is -2.07. The third kappa shape index (κ3) is 3.12. The van der Waals surface area contributed by atoms with Crippen molar-refractivity contribution in [2.45, 2.75) is 45.6 Å². The van der Waals surface area contributed by atoms with Crippen molar-refractivity contribution in [3.05, 3.63) is 47.5 Å². The number of benzene rings is 2. The summed E-state index contributed by atoms with van der Waals surface area (Å²) < 4.78 is 2.32. The first-order valence-corrected chi connectivity index (χ1v) is 8.75. The van der Waals surface area contributed by atoms with E-state index in [2.05, 4.69) is 11.5 Å². The molecule has 0 aliphatic heterocycles. The molecule has 0 aliphatic carbocycles. The molecule has 0 radical (unpaired) electrons. The summed E-state index contributed by atoms with van der Waals surface area (Å²) in [6.07, 6.45) is 7.93. The van der Waals surface area contributed by atoms with E-state index in [0.717, 1.165) is 47.3 Å². The molecule has 0 bridgehead atoms. The fraction of sp³-hybridized carbons (Fsp3) is 0.333. The highest BCUT2D eigenvalue weighted by Crippen LogP contribution is 2.30. The molecule has 0 unspecified atom stereocenters. The third-order valence-corrected chi connectivity index (χ3v) is 4.67. The lowest BCUT2D eigenvalue weighted by molar-refractivity contribution is 0.111. The van der Waals surface area contributed by atoms with E-state index >= 15 is 0 Å². The monoisotopic (exact) mass is 321 g/mol. The van der Waals surface area contributed by atoms with Gasteiger partial charge in [-0.2, -0.15) is 0 Å². The predicted molar refractivity (Wildman–Crippen MR) is 99.0 cm³/mol. The number of aldehydes is 2. The molecule has 1 heterocycles. The molecular weight excluding hydrogens is 298 g/mol. The van der Waals surface area contributed by atoms with Crippen molar-refractivity contribution in [3.8, 4) is 0 Å². The first-order chi connectivity index (χ1) is 11.8. The molecule has 0 N–H and O–H groups in total. The normalized spacial score (nSPS) is 11.2. The van der Waals surface area contributed by atoms with Crippen LogP contribution in [-0.2, 0) is 6.54 Å². The first-order valence-electron chi connectivity index (χ1n) is 8.75. The molecule has 3 heteroatoms. The van der Waals surface area contributed by atoms with Gasteiger partial charge in [-0.15, -0.1) is 0 Å². The topological polar surface area (TPSA) is 39.1 Å². The quantitative estimate of drug-likeness (QED) is 0.412. The molecule has 0 saturated carbocycles. The van der Waals surface area contributed by atoms with Crippen LogP contribution in [0.5, 0.6) is 0 Å². The van der Waals surface area contributed by atoms with E-state index in [1.54, 1.807) is 0 Å². The largest absolute Gasteiger partial charge is 0.340 e. The highest BCUT2D eigenvalue weighted by atomic mass is 16.1. The smallest absolute Gasteiger partial charge is 0.150 e.